The number of carbonyl (C=O) groups is 1. The summed E-state index contributed by atoms with van der Waals surface area (Å²) in [5.74, 6) is 0.0356. The van der Waals surface area contributed by atoms with Crippen molar-refractivity contribution in [3.63, 3.8) is 0 Å². The summed E-state index contributed by atoms with van der Waals surface area (Å²) in [6.45, 7) is 3.59. The number of hydrogen-bond donors (Lipinski definition) is 3. The monoisotopic (exact) mass is 571 g/mol. The molecule has 2 rings (SSSR count). The van der Waals surface area contributed by atoms with Crippen LogP contribution < -0.4 is 15.4 Å². The van der Waals surface area contributed by atoms with Crippen LogP contribution in [0.25, 0.3) is 0 Å². The summed E-state index contributed by atoms with van der Waals surface area (Å²) in [5, 5.41) is 17.0. The number of methoxy groups -OCH3 is 2. The molecular formula is C27H42ClN3O6S. The predicted molar refractivity (Wildman–Crippen MR) is 152 cm³/mol. The number of amides is 1. The zero-order valence-corrected chi connectivity index (χ0v) is 24.1. The van der Waals surface area contributed by atoms with Gasteiger partial charge in [-0.2, -0.15) is 4.31 Å². The second-order valence-electron chi connectivity index (χ2n) is 8.87. The summed E-state index contributed by atoms with van der Waals surface area (Å²) >= 11 is 0. The molecule has 2 atom stereocenters. The zero-order chi connectivity index (χ0) is 27.1. The third-order valence-corrected chi connectivity index (χ3v) is 7.80. The average molecular weight is 572 g/mol. The molecular weight excluding hydrogens is 530 g/mol. The number of carbonyl (C=O) groups excluding carboxylic acids is 1. The summed E-state index contributed by atoms with van der Waals surface area (Å²) < 4.78 is 37.2. The first-order chi connectivity index (χ1) is 17.8. The third kappa shape index (κ3) is 12.1. The molecule has 11 heteroatoms. The Balaban J connectivity index is 0.00000722. The van der Waals surface area contributed by atoms with Crippen LogP contribution in [0.15, 0.2) is 54.6 Å². The highest BCUT2D eigenvalue weighted by atomic mass is 35.5. The molecule has 0 radical (unpaired) electrons. The third-order valence-electron chi connectivity index (χ3n) is 5.92. The molecule has 0 aliphatic heterocycles. The van der Waals surface area contributed by atoms with Gasteiger partial charge in [0.1, 0.15) is 5.75 Å². The first-order valence-corrected chi connectivity index (χ1v) is 14.2. The summed E-state index contributed by atoms with van der Waals surface area (Å²) in [6.07, 6.45) is 0.00944. The van der Waals surface area contributed by atoms with Crippen molar-refractivity contribution in [2.75, 3.05) is 46.2 Å². The van der Waals surface area contributed by atoms with Crippen molar-refractivity contribution in [3.8, 4) is 5.75 Å². The SMILES string of the molecule is CCCN(CCOC)S(=O)(=O)CCC(=O)N[C@@H](Cc1ccccc1)[C@@H](O)CNCc1cccc(OC)c1.Cl. The van der Waals surface area contributed by atoms with Crippen molar-refractivity contribution in [2.45, 2.75) is 44.9 Å². The number of nitrogens with zero attached hydrogens (tertiary/aromatic N) is 1. The Morgan fingerprint density at radius 3 is 2.42 bits per heavy atom. The average Bonchev–Trinajstić information content (AvgIpc) is 2.90. The van der Waals surface area contributed by atoms with Gasteiger partial charge in [-0.3, -0.25) is 4.79 Å². The minimum atomic E-state index is -3.61. The van der Waals surface area contributed by atoms with Crippen LogP contribution in [0.4, 0.5) is 0 Å². The lowest BCUT2D eigenvalue weighted by molar-refractivity contribution is -0.122. The van der Waals surface area contributed by atoms with E-state index in [9.17, 15) is 18.3 Å². The fourth-order valence-electron chi connectivity index (χ4n) is 3.90. The van der Waals surface area contributed by atoms with Crippen LogP contribution in [0.3, 0.4) is 0 Å². The molecule has 2 aromatic rings. The summed E-state index contributed by atoms with van der Waals surface area (Å²) in [7, 11) is -0.478. The van der Waals surface area contributed by atoms with Gasteiger partial charge in [-0.1, -0.05) is 49.4 Å². The molecule has 0 aliphatic carbocycles. The maximum absolute atomic E-state index is 12.8. The van der Waals surface area contributed by atoms with Gasteiger partial charge in [0.25, 0.3) is 0 Å². The van der Waals surface area contributed by atoms with Crippen LogP contribution in [-0.4, -0.2) is 82.1 Å². The van der Waals surface area contributed by atoms with Crippen molar-refractivity contribution in [1.29, 1.82) is 0 Å². The maximum atomic E-state index is 12.8. The lowest BCUT2D eigenvalue weighted by atomic mass is 10.0. The number of ether oxygens (including phenoxy) is 2. The molecule has 0 saturated carbocycles. The van der Waals surface area contributed by atoms with E-state index in [0.29, 0.717) is 32.5 Å². The fraction of sp³-hybridized carbons (Fsp3) is 0.519. The van der Waals surface area contributed by atoms with E-state index in [0.717, 1.165) is 16.9 Å². The molecule has 1 amide bonds. The van der Waals surface area contributed by atoms with Gasteiger partial charge in [-0.25, -0.2) is 8.42 Å². The van der Waals surface area contributed by atoms with E-state index in [1.807, 2.05) is 61.5 Å². The van der Waals surface area contributed by atoms with E-state index in [1.54, 1.807) is 7.11 Å². The summed E-state index contributed by atoms with van der Waals surface area (Å²) in [6, 6.07) is 16.6. The molecule has 0 bridgehead atoms. The van der Waals surface area contributed by atoms with Crippen molar-refractivity contribution in [3.05, 3.63) is 65.7 Å². The maximum Gasteiger partial charge on any atom is 0.221 e. The van der Waals surface area contributed by atoms with Crippen molar-refractivity contribution < 1.29 is 27.8 Å². The number of aliphatic hydroxyl groups is 1. The Morgan fingerprint density at radius 1 is 1.05 bits per heavy atom. The molecule has 38 heavy (non-hydrogen) atoms. The van der Waals surface area contributed by atoms with Crippen LogP contribution in [0.2, 0.25) is 0 Å². The molecule has 0 fully saturated rings. The van der Waals surface area contributed by atoms with Crippen LogP contribution in [0.5, 0.6) is 5.75 Å². The molecule has 2 aromatic carbocycles. The van der Waals surface area contributed by atoms with Crippen LogP contribution in [0, 0.1) is 0 Å². The lowest BCUT2D eigenvalue weighted by Crippen LogP contribution is -2.49. The minimum Gasteiger partial charge on any atom is -0.497 e. The van der Waals surface area contributed by atoms with Gasteiger partial charge in [0.15, 0.2) is 0 Å². The topological polar surface area (TPSA) is 117 Å². The Labute approximate surface area is 233 Å². The standard InChI is InChI=1S/C27H41N3O6S.ClH/c1-4-14-30(15-16-35-2)37(33,34)17-13-27(32)29-25(19-22-9-6-5-7-10-22)26(31)21-28-20-23-11-8-12-24(18-23)36-3;/h5-12,18,25-26,28,31H,4,13-17,19-21H2,1-3H3,(H,29,32);1H/t25-,26-;/m0./s1. The first-order valence-electron chi connectivity index (χ1n) is 12.6. The first kappa shape index (κ1) is 33.8. The highest BCUT2D eigenvalue weighted by molar-refractivity contribution is 7.89. The van der Waals surface area contributed by atoms with Gasteiger partial charge >= 0.3 is 0 Å². The van der Waals surface area contributed by atoms with E-state index in [-0.39, 0.29) is 37.7 Å². The second-order valence-corrected chi connectivity index (χ2v) is 11.0. The van der Waals surface area contributed by atoms with Gasteiger partial charge in [-0.05, 0) is 36.1 Å². The van der Waals surface area contributed by atoms with Crippen molar-refractivity contribution in [2.24, 2.45) is 0 Å². The fourth-order valence-corrected chi connectivity index (χ4v) is 5.42. The highest BCUT2D eigenvalue weighted by Gasteiger charge is 2.25. The quantitative estimate of drug-likeness (QED) is 0.251. The van der Waals surface area contributed by atoms with E-state index in [2.05, 4.69) is 10.6 Å². The van der Waals surface area contributed by atoms with Crippen LogP contribution in [-0.2, 0) is 32.5 Å². The van der Waals surface area contributed by atoms with E-state index >= 15 is 0 Å². The molecule has 0 spiro atoms. The molecule has 9 nitrogen and oxygen atoms in total. The number of nitrogens with one attached hydrogen (secondary N) is 2. The molecule has 0 heterocycles. The molecule has 3 N–H and O–H groups in total. The van der Waals surface area contributed by atoms with Gasteiger partial charge in [0, 0.05) is 39.7 Å². The smallest absolute Gasteiger partial charge is 0.221 e. The van der Waals surface area contributed by atoms with Crippen LogP contribution in [0.1, 0.15) is 30.9 Å². The number of rotatable bonds is 18. The summed E-state index contributed by atoms with van der Waals surface area (Å²) in [4.78, 5) is 12.8. The summed E-state index contributed by atoms with van der Waals surface area (Å²) in [5.41, 5.74) is 1.96. The Morgan fingerprint density at radius 2 is 1.76 bits per heavy atom. The minimum absolute atomic E-state index is 0. The Hall–Kier alpha value is -2.21. The molecule has 0 unspecified atom stereocenters. The normalized spacial score (nSPS) is 13.0. The molecule has 0 saturated heterocycles. The lowest BCUT2D eigenvalue weighted by Gasteiger charge is -2.25. The Kier molecular flexibility index (Phi) is 16.1. The van der Waals surface area contributed by atoms with Gasteiger partial charge in [0.2, 0.25) is 15.9 Å². The van der Waals surface area contributed by atoms with Crippen molar-refractivity contribution in [1.82, 2.24) is 14.9 Å². The predicted octanol–water partition coefficient (Wildman–Crippen LogP) is 2.37. The molecule has 0 aliphatic rings. The number of sulfonamides is 1. The number of benzene rings is 2. The van der Waals surface area contributed by atoms with Gasteiger partial charge in [0.05, 0.1) is 31.6 Å². The Bertz CT molecular complexity index is 1040. The molecule has 214 valence electrons. The second kappa shape index (κ2) is 18.1. The highest BCUT2D eigenvalue weighted by Crippen LogP contribution is 2.13. The molecule has 0 aromatic heterocycles. The van der Waals surface area contributed by atoms with E-state index < -0.39 is 28.1 Å². The van der Waals surface area contributed by atoms with E-state index in [4.69, 9.17) is 9.47 Å². The van der Waals surface area contributed by atoms with Gasteiger partial charge in [-0.15, -0.1) is 12.4 Å². The largest absolute Gasteiger partial charge is 0.497 e. The van der Waals surface area contributed by atoms with E-state index in [1.165, 1.54) is 11.4 Å². The van der Waals surface area contributed by atoms with Crippen LogP contribution >= 0.6 is 12.4 Å². The van der Waals surface area contributed by atoms with Crippen molar-refractivity contribution >= 4 is 28.3 Å². The number of halogens is 1. The number of hydrogen-bond acceptors (Lipinski definition) is 7. The number of aliphatic hydroxyl groups excluding tert-OH is 1. The van der Waals surface area contributed by atoms with Gasteiger partial charge < -0.3 is 25.2 Å². The zero-order valence-electron chi connectivity index (χ0n) is 22.5.